The van der Waals surface area contributed by atoms with Crippen molar-refractivity contribution in [3.05, 3.63) is 0 Å². The summed E-state index contributed by atoms with van der Waals surface area (Å²) in [6.07, 6.45) is 0. The Morgan fingerprint density at radius 2 is 2.00 bits per heavy atom. The molecule has 0 aromatic heterocycles. The van der Waals surface area contributed by atoms with Crippen molar-refractivity contribution in [2.45, 2.75) is 33.2 Å². The lowest BCUT2D eigenvalue weighted by Crippen LogP contribution is -2.61. The number of nitrogens with one attached hydrogen (secondary N) is 1. The van der Waals surface area contributed by atoms with E-state index in [-0.39, 0.29) is 5.54 Å². The van der Waals surface area contributed by atoms with Crippen molar-refractivity contribution in [1.29, 1.82) is 0 Å². The predicted molar refractivity (Wildman–Crippen MR) is 53.0 cm³/mol. The molecule has 0 spiro atoms. The van der Waals surface area contributed by atoms with E-state index in [1.807, 2.05) is 0 Å². The lowest BCUT2D eigenvalue weighted by atomic mass is 9.70. The summed E-state index contributed by atoms with van der Waals surface area (Å²) in [4.78, 5) is 0. The Kier molecular flexibility index (Phi) is 2.79. The van der Waals surface area contributed by atoms with Gasteiger partial charge in [-0.05, 0) is 31.2 Å². The van der Waals surface area contributed by atoms with Gasteiger partial charge >= 0.3 is 0 Å². The molecule has 1 heterocycles. The first-order valence-corrected chi connectivity index (χ1v) is 4.96. The third-order valence-electron chi connectivity index (χ3n) is 3.94. The molecule has 0 aliphatic carbocycles. The zero-order valence-electron chi connectivity index (χ0n) is 8.72. The van der Waals surface area contributed by atoms with Gasteiger partial charge in [-0.25, -0.2) is 0 Å². The minimum Gasteiger partial charge on any atom is -0.329 e. The highest BCUT2D eigenvalue weighted by Crippen LogP contribution is 2.33. The van der Waals surface area contributed by atoms with Crippen LogP contribution in [0.5, 0.6) is 0 Å². The van der Waals surface area contributed by atoms with E-state index < -0.39 is 0 Å². The van der Waals surface area contributed by atoms with Gasteiger partial charge in [-0.1, -0.05) is 20.8 Å². The first-order valence-electron chi connectivity index (χ1n) is 4.96. The maximum Gasteiger partial charge on any atom is 0.0304 e. The van der Waals surface area contributed by atoms with Crippen LogP contribution in [0, 0.1) is 17.8 Å². The van der Waals surface area contributed by atoms with Gasteiger partial charge in [0, 0.05) is 12.1 Å². The van der Waals surface area contributed by atoms with E-state index in [1.54, 1.807) is 0 Å². The van der Waals surface area contributed by atoms with Crippen molar-refractivity contribution in [2.75, 3.05) is 13.1 Å². The Balaban J connectivity index is 2.71. The molecule has 0 aromatic rings. The summed E-state index contributed by atoms with van der Waals surface area (Å²) in [6, 6.07) is 0. The van der Waals surface area contributed by atoms with Crippen LogP contribution in [0.4, 0.5) is 0 Å². The minimum atomic E-state index is 0.159. The van der Waals surface area contributed by atoms with E-state index >= 15 is 0 Å². The Morgan fingerprint density at radius 3 is 2.50 bits per heavy atom. The van der Waals surface area contributed by atoms with Crippen molar-refractivity contribution in [3.63, 3.8) is 0 Å². The lowest BCUT2D eigenvalue weighted by Gasteiger charge is -2.46. The van der Waals surface area contributed by atoms with Crippen LogP contribution in [0.25, 0.3) is 0 Å². The molecule has 1 fully saturated rings. The van der Waals surface area contributed by atoms with Crippen LogP contribution >= 0.6 is 0 Å². The Hall–Kier alpha value is -0.0800. The number of piperidine rings is 1. The van der Waals surface area contributed by atoms with Crippen molar-refractivity contribution >= 4 is 0 Å². The molecule has 72 valence electrons. The van der Waals surface area contributed by atoms with Crippen LogP contribution in [-0.2, 0) is 0 Å². The quantitative estimate of drug-likeness (QED) is 0.621. The maximum atomic E-state index is 5.77. The highest BCUT2D eigenvalue weighted by Gasteiger charge is 2.39. The second kappa shape index (κ2) is 3.35. The molecule has 3 unspecified atom stereocenters. The fraction of sp³-hybridized carbons (Fsp3) is 1.00. The van der Waals surface area contributed by atoms with Crippen molar-refractivity contribution < 1.29 is 0 Å². The average molecular weight is 170 g/mol. The standard InChI is InChI=1S/C10H22N2/c1-7-5-12-10(4,6-11)9(3)8(7)2/h7-9,12H,5-6,11H2,1-4H3/t7?,8?,9-,10?/m1/s1. The summed E-state index contributed by atoms with van der Waals surface area (Å²) in [5.41, 5.74) is 5.93. The smallest absolute Gasteiger partial charge is 0.0304 e. The van der Waals surface area contributed by atoms with Crippen LogP contribution in [0.15, 0.2) is 0 Å². The molecular formula is C10H22N2. The maximum absolute atomic E-state index is 5.77. The van der Waals surface area contributed by atoms with Gasteiger partial charge in [0.2, 0.25) is 0 Å². The first kappa shape index (κ1) is 10.0. The van der Waals surface area contributed by atoms with E-state index in [1.165, 1.54) is 0 Å². The SMILES string of the molecule is CC1CNC(C)(CN)[C@H](C)C1C. The molecule has 0 amide bonds. The fourth-order valence-corrected chi connectivity index (χ4v) is 2.07. The largest absolute Gasteiger partial charge is 0.329 e. The van der Waals surface area contributed by atoms with Crippen LogP contribution in [0.2, 0.25) is 0 Å². The van der Waals surface area contributed by atoms with Gasteiger partial charge < -0.3 is 11.1 Å². The van der Waals surface area contributed by atoms with E-state index in [0.29, 0.717) is 5.92 Å². The van der Waals surface area contributed by atoms with Crippen molar-refractivity contribution in [3.8, 4) is 0 Å². The second-order valence-electron chi connectivity index (χ2n) is 4.63. The van der Waals surface area contributed by atoms with Gasteiger partial charge in [-0.15, -0.1) is 0 Å². The molecular weight excluding hydrogens is 148 g/mol. The van der Waals surface area contributed by atoms with Crippen LogP contribution in [0.3, 0.4) is 0 Å². The fourth-order valence-electron chi connectivity index (χ4n) is 2.07. The highest BCUT2D eigenvalue weighted by molar-refractivity contribution is 4.96. The normalized spacial score (nSPS) is 49.2. The third kappa shape index (κ3) is 1.50. The molecule has 0 bridgehead atoms. The lowest BCUT2D eigenvalue weighted by molar-refractivity contribution is 0.0961. The summed E-state index contributed by atoms with van der Waals surface area (Å²) in [7, 11) is 0. The van der Waals surface area contributed by atoms with Gasteiger partial charge in [0.1, 0.15) is 0 Å². The van der Waals surface area contributed by atoms with Crippen molar-refractivity contribution in [1.82, 2.24) is 5.32 Å². The Bertz CT molecular complexity index is 158. The zero-order valence-corrected chi connectivity index (χ0v) is 8.72. The Labute approximate surface area is 75.9 Å². The summed E-state index contributed by atoms with van der Waals surface area (Å²) in [5, 5.41) is 3.55. The first-order chi connectivity index (χ1) is 5.51. The van der Waals surface area contributed by atoms with E-state index in [0.717, 1.165) is 24.9 Å². The molecule has 4 atom stereocenters. The van der Waals surface area contributed by atoms with Gasteiger partial charge in [0.15, 0.2) is 0 Å². The van der Waals surface area contributed by atoms with Gasteiger partial charge in [-0.2, -0.15) is 0 Å². The highest BCUT2D eigenvalue weighted by atomic mass is 15.0. The average Bonchev–Trinajstić information content (AvgIpc) is 2.09. The molecule has 3 N–H and O–H groups in total. The molecule has 2 nitrogen and oxygen atoms in total. The molecule has 1 aliphatic heterocycles. The molecule has 1 rings (SSSR count). The second-order valence-corrected chi connectivity index (χ2v) is 4.63. The van der Waals surface area contributed by atoms with E-state index in [2.05, 4.69) is 33.0 Å². The summed E-state index contributed by atoms with van der Waals surface area (Å²) in [5.74, 6) is 2.23. The third-order valence-corrected chi connectivity index (χ3v) is 3.94. The molecule has 12 heavy (non-hydrogen) atoms. The van der Waals surface area contributed by atoms with Crippen LogP contribution in [-0.4, -0.2) is 18.6 Å². The van der Waals surface area contributed by atoms with E-state index in [9.17, 15) is 0 Å². The number of hydrogen-bond donors (Lipinski definition) is 2. The van der Waals surface area contributed by atoms with Crippen LogP contribution in [0.1, 0.15) is 27.7 Å². The Morgan fingerprint density at radius 1 is 1.42 bits per heavy atom. The molecule has 2 heteroatoms. The predicted octanol–water partition coefficient (Wildman–Crippen LogP) is 1.22. The summed E-state index contributed by atoms with van der Waals surface area (Å²) < 4.78 is 0. The number of nitrogens with two attached hydrogens (primary N) is 1. The van der Waals surface area contributed by atoms with Crippen molar-refractivity contribution in [2.24, 2.45) is 23.5 Å². The summed E-state index contributed by atoms with van der Waals surface area (Å²) >= 11 is 0. The van der Waals surface area contributed by atoms with Gasteiger partial charge in [0.05, 0.1) is 0 Å². The molecule has 0 saturated carbocycles. The van der Waals surface area contributed by atoms with Gasteiger partial charge in [0.25, 0.3) is 0 Å². The molecule has 0 aromatic carbocycles. The number of rotatable bonds is 1. The van der Waals surface area contributed by atoms with E-state index in [4.69, 9.17) is 5.73 Å². The monoisotopic (exact) mass is 170 g/mol. The topological polar surface area (TPSA) is 38.0 Å². The zero-order chi connectivity index (χ0) is 9.35. The minimum absolute atomic E-state index is 0.159. The number of hydrogen-bond acceptors (Lipinski definition) is 2. The van der Waals surface area contributed by atoms with Crippen LogP contribution < -0.4 is 11.1 Å². The molecule has 1 aliphatic rings. The molecule has 0 radical (unpaired) electrons. The molecule has 1 saturated heterocycles. The summed E-state index contributed by atoms with van der Waals surface area (Å²) in [6.45, 7) is 11.0. The van der Waals surface area contributed by atoms with Gasteiger partial charge in [-0.3, -0.25) is 0 Å².